The minimum Gasteiger partial charge on any atom is -0.351 e. The van der Waals surface area contributed by atoms with Gasteiger partial charge in [0, 0.05) is 19.4 Å². The molecule has 7 heteroatoms. The molecule has 2 aromatic rings. The fraction of sp³-hybridized carbons (Fsp3) is 0.429. The van der Waals surface area contributed by atoms with E-state index in [-0.39, 0.29) is 6.29 Å². The monoisotopic (exact) mass is 287 g/mol. The zero-order chi connectivity index (χ0) is 15.1. The summed E-state index contributed by atoms with van der Waals surface area (Å²) in [5, 5.41) is 17.0. The third-order valence-electron chi connectivity index (χ3n) is 2.73. The fourth-order valence-corrected chi connectivity index (χ4v) is 1.82. The Morgan fingerprint density at radius 1 is 1.29 bits per heavy atom. The highest BCUT2D eigenvalue weighted by Crippen LogP contribution is 2.14. The van der Waals surface area contributed by atoms with Crippen LogP contribution < -0.4 is 0 Å². The van der Waals surface area contributed by atoms with Gasteiger partial charge in [-0.3, -0.25) is 4.98 Å². The molecule has 21 heavy (non-hydrogen) atoms. The van der Waals surface area contributed by atoms with E-state index in [0.29, 0.717) is 36.7 Å². The molecule has 0 saturated heterocycles. The molecule has 0 spiro atoms. The second-order valence-electron chi connectivity index (χ2n) is 4.21. The maximum Gasteiger partial charge on any atom is 0.176 e. The van der Waals surface area contributed by atoms with E-state index in [1.54, 1.807) is 29.2 Å². The molecule has 2 heterocycles. The predicted molar refractivity (Wildman–Crippen MR) is 75.0 cm³/mol. The van der Waals surface area contributed by atoms with Crippen molar-refractivity contribution >= 4 is 0 Å². The number of nitriles is 1. The quantitative estimate of drug-likeness (QED) is 0.719. The number of pyridine rings is 1. The van der Waals surface area contributed by atoms with Gasteiger partial charge in [-0.25, -0.2) is 4.68 Å². The summed E-state index contributed by atoms with van der Waals surface area (Å²) in [6.07, 6.45) is 2.98. The van der Waals surface area contributed by atoms with Crippen LogP contribution >= 0.6 is 0 Å². The first-order chi connectivity index (χ1) is 10.3. The van der Waals surface area contributed by atoms with E-state index >= 15 is 0 Å². The SMILES string of the molecule is CCOC(Cn1cc(-c2cc(C#N)ccn2)nn1)OCC. The Hall–Kier alpha value is -2.30. The van der Waals surface area contributed by atoms with Crippen molar-refractivity contribution in [2.75, 3.05) is 13.2 Å². The molecule has 0 saturated carbocycles. The number of rotatable bonds is 7. The van der Waals surface area contributed by atoms with Crippen molar-refractivity contribution in [3.05, 3.63) is 30.1 Å². The molecule has 7 nitrogen and oxygen atoms in total. The van der Waals surface area contributed by atoms with Gasteiger partial charge in [0.05, 0.1) is 30.1 Å². The summed E-state index contributed by atoms with van der Waals surface area (Å²) >= 11 is 0. The normalized spacial score (nSPS) is 10.8. The van der Waals surface area contributed by atoms with Crippen molar-refractivity contribution in [3.63, 3.8) is 0 Å². The van der Waals surface area contributed by atoms with Crippen LogP contribution in [0.25, 0.3) is 11.4 Å². The standard InChI is InChI=1S/C14H17N5O2/c1-3-20-14(21-4-2)10-19-9-13(17-18-19)12-7-11(8-15)5-6-16-12/h5-7,9,14H,3-4,10H2,1-2H3. The molecule has 2 rings (SSSR count). The van der Waals surface area contributed by atoms with Crippen molar-refractivity contribution in [3.8, 4) is 17.5 Å². The van der Waals surface area contributed by atoms with E-state index in [0.717, 1.165) is 0 Å². The molecule has 0 aliphatic carbocycles. The zero-order valence-corrected chi connectivity index (χ0v) is 12.1. The lowest BCUT2D eigenvalue weighted by molar-refractivity contribution is -0.145. The molecule has 2 aromatic heterocycles. The first-order valence-corrected chi connectivity index (χ1v) is 6.76. The maximum atomic E-state index is 8.90. The van der Waals surface area contributed by atoms with Gasteiger partial charge in [0.15, 0.2) is 6.29 Å². The van der Waals surface area contributed by atoms with Crippen molar-refractivity contribution in [1.82, 2.24) is 20.0 Å². The lowest BCUT2D eigenvalue weighted by Crippen LogP contribution is -2.24. The summed E-state index contributed by atoms with van der Waals surface area (Å²) in [4.78, 5) is 4.19. The molecule has 0 bridgehead atoms. The van der Waals surface area contributed by atoms with Crippen LogP contribution in [0.3, 0.4) is 0 Å². The molecule has 0 unspecified atom stereocenters. The lowest BCUT2D eigenvalue weighted by Gasteiger charge is -2.16. The van der Waals surface area contributed by atoms with Gasteiger partial charge in [0.25, 0.3) is 0 Å². The second-order valence-corrected chi connectivity index (χ2v) is 4.21. The van der Waals surface area contributed by atoms with Crippen molar-refractivity contribution in [2.45, 2.75) is 26.7 Å². The molecular formula is C14H17N5O2. The van der Waals surface area contributed by atoms with Gasteiger partial charge in [0.1, 0.15) is 5.69 Å². The lowest BCUT2D eigenvalue weighted by atomic mass is 10.2. The summed E-state index contributed by atoms with van der Waals surface area (Å²) in [5.41, 5.74) is 1.76. The summed E-state index contributed by atoms with van der Waals surface area (Å²) in [6.45, 7) is 5.41. The average Bonchev–Trinajstić information content (AvgIpc) is 2.96. The van der Waals surface area contributed by atoms with Crippen LogP contribution in [0, 0.1) is 11.3 Å². The minimum absolute atomic E-state index is 0.354. The van der Waals surface area contributed by atoms with Crippen molar-refractivity contribution < 1.29 is 9.47 Å². The molecule has 0 N–H and O–H groups in total. The van der Waals surface area contributed by atoms with Crippen LogP contribution in [0.4, 0.5) is 0 Å². The number of nitrogens with zero attached hydrogens (tertiary/aromatic N) is 5. The first kappa shape index (κ1) is 15.1. The van der Waals surface area contributed by atoms with Crippen LogP contribution in [-0.2, 0) is 16.0 Å². The molecule has 110 valence electrons. The Morgan fingerprint density at radius 2 is 2.05 bits per heavy atom. The fourth-order valence-electron chi connectivity index (χ4n) is 1.82. The predicted octanol–water partition coefficient (Wildman–Crippen LogP) is 1.61. The van der Waals surface area contributed by atoms with Crippen molar-refractivity contribution in [2.24, 2.45) is 0 Å². The molecule has 0 aromatic carbocycles. The third kappa shape index (κ3) is 4.08. The molecule has 0 amide bonds. The Bertz CT molecular complexity index is 614. The maximum absolute atomic E-state index is 8.90. The van der Waals surface area contributed by atoms with Crippen LogP contribution in [0.5, 0.6) is 0 Å². The number of aromatic nitrogens is 4. The Balaban J connectivity index is 2.11. The van der Waals surface area contributed by atoms with Gasteiger partial charge in [0.2, 0.25) is 0 Å². The zero-order valence-electron chi connectivity index (χ0n) is 12.1. The molecule has 0 aliphatic rings. The largest absolute Gasteiger partial charge is 0.351 e. The van der Waals surface area contributed by atoms with E-state index in [1.165, 1.54) is 0 Å². The highest BCUT2D eigenvalue weighted by Gasteiger charge is 2.12. The average molecular weight is 287 g/mol. The van der Waals surface area contributed by atoms with Crippen LogP contribution in [0.15, 0.2) is 24.5 Å². The van der Waals surface area contributed by atoms with Gasteiger partial charge in [-0.2, -0.15) is 5.26 Å². The third-order valence-corrected chi connectivity index (χ3v) is 2.73. The number of hydrogen-bond acceptors (Lipinski definition) is 6. The van der Waals surface area contributed by atoms with Gasteiger partial charge >= 0.3 is 0 Å². The molecular weight excluding hydrogens is 270 g/mol. The van der Waals surface area contributed by atoms with Crippen LogP contribution in [0.1, 0.15) is 19.4 Å². The van der Waals surface area contributed by atoms with E-state index in [1.807, 2.05) is 13.8 Å². The first-order valence-electron chi connectivity index (χ1n) is 6.76. The second kappa shape index (κ2) is 7.47. The summed E-state index contributed by atoms with van der Waals surface area (Å²) in [7, 11) is 0. The van der Waals surface area contributed by atoms with E-state index in [2.05, 4.69) is 21.4 Å². The van der Waals surface area contributed by atoms with Gasteiger partial charge < -0.3 is 9.47 Å². The smallest absolute Gasteiger partial charge is 0.176 e. The topological polar surface area (TPSA) is 85.9 Å². The molecule has 0 atom stereocenters. The minimum atomic E-state index is -0.354. The van der Waals surface area contributed by atoms with Gasteiger partial charge in [-0.15, -0.1) is 5.10 Å². The molecule has 0 aliphatic heterocycles. The Kier molecular flexibility index (Phi) is 5.37. The van der Waals surface area contributed by atoms with Crippen LogP contribution in [-0.4, -0.2) is 39.5 Å². The summed E-state index contributed by atoms with van der Waals surface area (Å²) in [6, 6.07) is 5.40. The highest BCUT2D eigenvalue weighted by atomic mass is 16.7. The Morgan fingerprint density at radius 3 is 2.71 bits per heavy atom. The van der Waals surface area contributed by atoms with E-state index < -0.39 is 0 Å². The van der Waals surface area contributed by atoms with Gasteiger partial charge in [-0.05, 0) is 26.0 Å². The summed E-state index contributed by atoms with van der Waals surface area (Å²) < 4.78 is 12.6. The van der Waals surface area contributed by atoms with E-state index in [4.69, 9.17) is 14.7 Å². The Labute approximate surface area is 123 Å². The summed E-state index contributed by atoms with van der Waals surface area (Å²) in [5.74, 6) is 0. The number of hydrogen-bond donors (Lipinski definition) is 0. The van der Waals surface area contributed by atoms with Gasteiger partial charge in [-0.1, -0.05) is 5.21 Å². The van der Waals surface area contributed by atoms with Crippen LogP contribution in [0.2, 0.25) is 0 Å². The molecule has 0 fully saturated rings. The van der Waals surface area contributed by atoms with Crippen molar-refractivity contribution in [1.29, 1.82) is 5.26 Å². The van der Waals surface area contributed by atoms with E-state index in [9.17, 15) is 0 Å². The molecule has 0 radical (unpaired) electrons. The highest BCUT2D eigenvalue weighted by molar-refractivity contribution is 5.54. The number of ether oxygens (including phenoxy) is 2.